The molecule has 1 aromatic carbocycles. The van der Waals surface area contributed by atoms with Gasteiger partial charge >= 0.3 is 0 Å². The van der Waals surface area contributed by atoms with E-state index in [1.165, 1.54) is 24.0 Å². The van der Waals surface area contributed by atoms with Crippen molar-refractivity contribution < 1.29 is 9.47 Å². The summed E-state index contributed by atoms with van der Waals surface area (Å²) in [5.74, 6) is 2.54. The average molecular weight is 235 g/mol. The van der Waals surface area contributed by atoms with Crippen LogP contribution in [0.25, 0.3) is 0 Å². The summed E-state index contributed by atoms with van der Waals surface area (Å²) in [6.07, 6.45) is 3.54. The standard InChI is InChI=1S/C14H21NO2/c1-15-9-10-5-4-6-11-12(16-2)7-8-13(17-3)14(10)11/h7-8,10,15H,4-6,9H2,1-3H3. The summed E-state index contributed by atoms with van der Waals surface area (Å²) in [4.78, 5) is 0. The van der Waals surface area contributed by atoms with Crippen LogP contribution in [0, 0.1) is 0 Å². The molecule has 17 heavy (non-hydrogen) atoms. The number of rotatable bonds is 4. The van der Waals surface area contributed by atoms with Crippen molar-refractivity contribution in [3.8, 4) is 11.5 Å². The Bertz CT molecular complexity index is 390. The third-order valence-electron chi connectivity index (χ3n) is 3.55. The summed E-state index contributed by atoms with van der Waals surface area (Å²) in [6, 6.07) is 4.03. The largest absolute Gasteiger partial charge is 0.496 e. The van der Waals surface area contributed by atoms with Crippen LogP contribution in [0.1, 0.15) is 29.9 Å². The van der Waals surface area contributed by atoms with Crippen molar-refractivity contribution in [2.24, 2.45) is 0 Å². The third kappa shape index (κ3) is 2.25. The smallest absolute Gasteiger partial charge is 0.122 e. The molecule has 1 aromatic rings. The lowest BCUT2D eigenvalue weighted by atomic mass is 9.81. The van der Waals surface area contributed by atoms with Gasteiger partial charge in [0.15, 0.2) is 0 Å². The molecule has 3 nitrogen and oxygen atoms in total. The highest BCUT2D eigenvalue weighted by molar-refractivity contribution is 5.52. The summed E-state index contributed by atoms with van der Waals surface area (Å²) in [6.45, 7) is 0.997. The van der Waals surface area contributed by atoms with Crippen LogP contribution in [0.4, 0.5) is 0 Å². The van der Waals surface area contributed by atoms with E-state index < -0.39 is 0 Å². The second kappa shape index (κ2) is 5.41. The molecule has 1 aliphatic carbocycles. The SMILES string of the molecule is CNCC1CCCc2c(OC)ccc(OC)c21. The van der Waals surface area contributed by atoms with Gasteiger partial charge in [-0.2, -0.15) is 0 Å². The Morgan fingerprint density at radius 2 is 1.94 bits per heavy atom. The highest BCUT2D eigenvalue weighted by Gasteiger charge is 2.26. The number of likely N-dealkylation sites (N-methyl/N-ethyl adjacent to an activating group) is 1. The molecule has 0 heterocycles. The Balaban J connectivity index is 2.48. The third-order valence-corrected chi connectivity index (χ3v) is 3.55. The van der Waals surface area contributed by atoms with Crippen LogP contribution in [-0.2, 0) is 6.42 Å². The zero-order valence-electron chi connectivity index (χ0n) is 10.9. The van der Waals surface area contributed by atoms with Crippen molar-refractivity contribution in [2.75, 3.05) is 27.8 Å². The van der Waals surface area contributed by atoms with E-state index in [0.29, 0.717) is 5.92 Å². The summed E-state index contributed by atoms with van der Waals surface area (Å²) < 4.78 is 11.0. The maximum Gasteiger partial charge on any atom is 0.122 e. The highest BCUT2D eigenvalue weighted by atomic mass is 16.5. The molecule has 0 fully saturated rings. The van der Waals surface area contributed by atoms with Crippen LogP contribution in [0.15, 0.2) is 12.1 Å². The van der Waals surface area contributed by atoms with Gasteiger partial charge in [-0.1, -0.05) is 0 Å². The van der Waals surface area contributed by atoms with E-state index in [2.05, 4.69) is 5.32 Å². The Hall–Kier alpha value is -1.22. The van der Waals surface area contributed by atoms with Gasteiger partial charge in [0.1, 0.15) is 11.5 Å². The van der Waals surface area contributed by atoms with E-state index in [4.69, 9.17) is 9.47 Å². The summed E-state index contributed by atoms with van der Waals surface area (Å²) in [7, 11) is 5.48. The minimum atomic E-state index is 0.536. The topological polar surface area (TPSA) is 30.5 Å². The van der Waals surface area contributed by atoms with Crippen LogP contribution in [-0.4, -0.2) is 27.8 Å². The fraction of sp³-hybridized carbons (Fsp3) is 0.571. The minimum absolute atomic E-state index is 0.536. The van der Waals surface area contributed by atoms with Crippen molar-refractivity contribution in [1.82, 2.24) is 5.32 Å². The van der Waals surface area contributed by atoms with Gasteiger partial charge in [0.2, 0.25) is 0 Å². The molecule has 2 rings (SSSR count). The van der Waals surface area contributed by atoms with Gasteiger partial charge in [0, 0.05) is 23.6 Å². The summed E-state index contributed by atoms with van der Waals surface area (Å²) in [5.41, 5.74) is 2.67. The van der Waals surface area contributed by atoms with Crippen molar-refractivity contribution >= 4 is 0 Å². The van der Waals surface area contributed by atoms with E-state index in [1.54, 1.807) is 14.2 Å². The van der Waals surface area contributed by atoms with Gasteiger partial charge in [-0.15, -0.1) is 0 Å². The summed E-state index contributed by atoms with van der Waals surface area (Å²) >= 11 is 0. The molecule has 3 heteroatoms. The van der Waals surface area contributed by atoms with Crippen LogP contribution in [0.2, 0.25) is 0 Å². The lowest BCUT2D eigenvalue weighted by Crippen LogP contribution is -2.22. The zero-order chi connectivity index (χ0) is 12.3. The Kier molecular flexibility index (Phi) is 3.89. The quantitative estimate of drug-likeness (QED) is 0.869. The second-order valence-corrected chi connectivity index (χ2v) is 4.51. The van der Waals surface area contributed by atoms with Crippen molar-refractivity contribution in [3.05, 3.63) is 23.3 Å². The van der Waals surface area contributed by atoms with E-state index in [-0.39, 0.29) is 0 Å². The molecule has 1 N–H and O–H groups in total. The maximum atomic E-state index is 5.51. The summed E-state index contributed by atoms with van der Waals surface area (Å²) in [5, 5.41) is 3.27. The van der Waals surface area contributed by atoms with E-state index >= 15 is 0 Å². The first kappa shape index (κ1) is 12.2. The number of nitrogens with one attached hydrogen (secondary N) is 1. The van der Waals surface area contributed by atoms with Crippen LogP contribution >= 0.6 is 0 Å². The van der Waals surface area contributed by atoms with Gasteiger partial charge in [0.05, 0.1) is 14.2 Å². The number of benzene rings is 1. The normalized spacial score (nSPS) is 18.6. The molecular formula is C14H21NO2. The maximum absolute atomic E-state index is 5.51. The van der Waals surface area contributed by atoms with Crippen molar-refractivity contribution in [1.29, 1.82) is 0 Å². The van der Waals surface area contributed by atoms with Crippen molar-refractivity contribution in [3.63, 3.8) is 0 Å². The van der Waals surface area contributed by atoms with Crippen molar-refractivity contribution in [2.45, 2.75) is 25.2 Å². The van der Waals surface area contributed by atoms with Gasteiger partial charge < -0.3 is 14.8 Å². The molecule has 94 valence electrons. The highest BCUT2D eigenvalue weighted by Crippen LogP contribution is 2.41. The first-order chi connectivity index (χ1) is 8.31. The number of hydrogen-bond donors (Lipinski definition) is 1. The van der Waals surface area contributed by atoms with E-state index in [1.807, 2.05) is 19.2 Å². The fourth-order valence-corrected chi connectivity index (χ4v) is 2.82. The molecule has 1 unspecified atom stereocenters. The molecule has 0 spiro atoms. The van der Waals surface area contributed by atoms with E-state index in [9.17, 15) is 0 Å². The molecule has 0 saturated heterocycles. The van der Waals surface area contributed by atoms with Gasteiger partial charge in [0.25, 0.3) is 0 Å². The molecule has 0 aromatic heterocycles. The number of fused-ring (bicyclic) bond motifs is 1. The lowest BCUT2D eigenvalue weighted by Gasteiger charge is -2.28. The molecule has 0 saturated carbocycles. The zero-order valence-corrected chi connectivity index (χ0v) is 10.9. The van der Waals surface area contributed by atoms with E-state index in [0.717, 1.165) is 24.5 Å². The monoisotopic (exact) mass is 235 g/mol. The predicted molar refractivity (Wildman–Crippen MR) is 69.2 cm³/mol. The number of methoxy groups -OCH3 is 2. The van der Waals surface area contributed by atoms with Crippen LogP contribution < -0.4 is 14.8 Å². The number of ether oxygens (including phenoxy) is 2. The lowest BCUT2D eigenvalue weighted by molar-refractivity contribution is 0.379. The molecule has 1 aliphatic rings. The number of hydrogen-bond acceptors (Lipinski definition) is 3. The molecule has 0 amide bonds. The van der Waals surface area contributed by atoms with Crippen LogP contribution in [0.3, 0.4) is 0 Å². The Labute approximate surface area is 103 Å². The van der Waals surface area contributed by atoms with Gasteiger partial charge in [-0.3, -0.25) is 0 Å². The minimum Gasteiger partial charge on any atom is -0.496 e. The average Bonchev–Trinajstić information content (AvgIpc) is 2.38. The molecule has 0 aliphatic heterocycles. The fourth-order valence-electron chi connectivity index (χ4n) is 2.82. The van der Waals surface area contributed by atoms with Gasteiger partial charge in [-0.05, 0) is 38.4 Å². The molecule has 0 bridgehead atoms. The Morgan fingerprint density at radius 1 is 1.24 bits per heavy atom. The van der Waals surface area contributed by atoms with Crippen LogP contribution in [0.5, 0.6) is 11.5 Å². The first-order valence-corrected chi connectivity index (χ1v) is 6.20. The first-order valence-electron chi connectivity index (χ1n) is 6.20. The predicted octanol–water partition coefficient (Wildman–Crippen LogP) is 2.34. The Morgan fingerprint density at radius 3 is 2.59 bits per heavy atom. The molecular weight excluding hydrogens is 214 g/mol. The molecule has 0 radical (unpaired) electrons. The second-order valence-electron chi connectivity index (χ2n) is 4.51. The molecule has 1 atom stereocenters. The van der Waals surface area contributed by atoms with Gasteiger partial charge in [-0.25, -0.2) is 0 Å².